The molecule has 28 heavy (non-hydrogen) atoms. The van der Waals surface area contributed by atoms with Gasteiger partial charge in [0.2, 0.25) is 11.5 Å². The van der Waals surface area contributed by atoms with Crippen LogP contribution in [0.3, 0.4) is 0 Å². The molecular formula is C16H14F3N8O+. The number of fused-ring (bicyclic) bond motifs is 1. The van der Waals surface area contributed by atoms with Crippen LogP contribution in [0.25, 0.3) is 11.3 Å². The normalized spacial score (nSPS) is 14.1. The van der Waals surface area contributed by atoms with Crippen molar-refractivity contribution in [2.75, 3.05) is 7.11 Å². The molecule has 1 aliphatic heterocycles. The van der Waals surface area contributed by atoms with E-state index in [1.807, 2.05) is 0 Å². The number of nitrogens with one attached hydrogen (secondary N) is 1. The molecule has 4 rings (SSSR count). The van der Waals surface area contributed by atoms with E-state index in [-0.39, 0.29) is 23.9 Å². The summed E-state index contributed by atoms with van der Waals surface area (Å²) >= 11 is 0. The van der Waals surface area contributed by atoms with Crippen molar-refractivity contribution in [3.63, 3.8) is 0 Å². The second-order valence-electron chi connectivity index (χ2n) is 5.87. The second-order valence-corrected chi connectivity index (χ2v) is 5.87. The van der Waals surface area contributed by atoms with Crippen molar-refractivity contribution in [3.8, 4) is 17.0 Å². The minimum Gasteiger partial charge on any atom is -0.497 e. The van der Waals surface area contributed by atoms with Gasteiger partial charge in [0.1, 0.15) is 11.6 Å². The lowest BCUT2D eigenvalue weighted by molar-refractivity contribution is -0.642. The predicted octanol–water partition coefficient (Wildman–Crippen LogP) is 1.17. The van der Waals surface area contributed by atoms with E-state index in [1.165, 1.54) is 13.4 Å². The third-order valence-electron chi connectivity index (χ3n) is 4.06. The molecule has 0 unspecified atom stereocenters. The van der Waals surface area contributed by atoms with Crippen LogP contribution in [0.1, 0.15) is 11.5 Å². The Morgan fingerprint density at radius 3 is 2.64 bits per heavy atom. The van der Waals surface area contributed by atoms with Gasteiger partial charge in [-0.3, -0.25) is 0 Å². The SMILES string of the molecule is COc1ccc(-c2cc(C(F)(F)F)[n+](C3=NN=C(N)Cc4ncnn43)[nH]2)cc1. The van der Waals surface area contributed by atoms with E-state index < -0.39 is 11.9 Å². The molecule has 0 aliphatic carbocycles. The highest BCUT2D eigenvalue weighted by Gasteiger charge is 2.42. The average molecular weight is 391 g/mol. The molecule has 0 amide bonds. The highest BCUT2D eigenvalue weighted by molar-refractivity contribution is 5.85. The quantitative estimate of drug-likeness (QED) is 0.639. The van der Waals surface area contributed by atoms with Gasteiger partial charge in [-0.2, -0.15) is 13.2 Å². The molecule has 0 saturated carbocycles. The number of aromatic amines is 1. The summed E-state index contributed by atoms with van der Waals surface area (Å²) in [6, 6.07) is 7.57. The first-order valence-corrected chi connectivity index (χ1v) is 8.03. The second kappa shape index (κ2) is 6.48. The van der Waals surface area contributed by atoms with E-state index in [2.05, 4.69) is 25.4 Å². The Morgan fingerprint density at radius 1 is 1.21 bits per heavy atom. The van der Waals surface area contributed by atoms with Crippen molar-refractivity contribution in [2.24, 2.45) is 15.9 Å². The zero-order chi connectivity index (χ0) is 19.9. The number of nitrogens with zero attached hydrogens (tertiary/aromatic N) is 6. The van der Waals surface area contributed by atoms with Crippen LogP contribution in [0.15, 0.2) is 46.9 Å². The zero-order valence-corrected chi connectivity index (χ0v) is 14.5. The van der Waals surface area contributed by atoms with Crippen molar-refractivity contribution in [1.82, 2.24) is 19.9 Å². The van der Waals surface area contributed by atoms with Crippen molar-refractivity contribution < 1.29 is 22.6 Å². The maximum Gasteiger partial charge on any atom is 0.469 e. The molecule has 12 heteroatoms. The van der Waals surface area contributed by atoms with Crippen LogP contribution < -0.4 is 15.2 Å². The predicted molar refractivity (Wildman–Crippen MR) is 91.6 cm³/mol. The molecule has 0 radical (unpaired) electrons. The van der Waals surface area contributed by atoms with Gasteiger partial charge in [-0.05, 0) is 24.3 Å². The van der Waals surface area contributed by atoms with Crippen molar-refractivity contribution in [3.05, 3.63) is 48.2 Å². The smallest absolute Gasteiger partial charge is 0.469 e. The van der Waals surface area contributed by atoms with Gasteiger partial charge in [-0.15, -0.1) is 4.68 Å². The number of hydrogen-bond donors (Lipinski definition) is 2. The van der Waals surface area contributed by atoms with E-state index in [0.29, 0.717) is 17.1 Å². The minimum absolute atomic E-state index is 0.111. The summed E-state index contributed by atoms with van der Waals surface area (Å²) in [5.41, 5.74) is 5.48. The van der Waals surface area contributed by atoms with Crippen LogP contribution >= 0.6 is 0 Å². The Balaban J connectivity index is 1.88. The third kappa shape index (κ3) is 3.08. The maximum absolute atomic E-state index is 13.7. The molecule has 1 aromatic carbocycles. The number of amidine groups is 1. The molecule has 3 heterocycles. The van der Waals surface area contributed by atoms with Gasteiger partial charge in [0.25, 0.3) is 0 Å². The van der Waals surface area contributed by atoms with Crippen LogP contribution in [-0.2, 0) is 12.6 Å². The molecule has 0 saturated heterocycles. The van der Waals surface area contributed by atoms with E-state index in [9.17, 15) is 13.2 Å². The lowest BCUT2D eigenvalue weighted by Gasteiger charge is -2.05. The number of ether oxygens (including phenoxy) is 1. The fourth-order valence-corrected chi connectivity index (χ4v) is 2.74. The van der Waals surface area contributed by atoms with Crippen LogP contribution in [-0.4, -0.2) is 38.8 Å². The van der Waals surface area contributed by atoms with Gasteiger partial charge in [0.15, 0.2) is 6.33 Å². The summed E-state index contributed by atoms with van der Waals surface area (Å²) in [4.78, 5) is 4.01. The Morgan fingerprint density at radius 2 is 1.96 bits per heavy atom. The van der Waals surface area contributed by atoms with Crippen molar-refractivity contribution in [2.45, 2.75) is 12.6 Å². The number of methoxy groups -OCH3 is 1. The zero-order valence-electron chi connectivity index (χ0n) is 14.5. The molecule has 3 aromatic rings. The number of aromatic nitrogens is 5. The molecule has 9 nitrogen and oxygen atoms in total. The first-order valence-electron chi connectivity index (χ1n) is 8.03. The molecule has 2 aromatic heterocycles. The standard InChI is InChI=1S/C16H13F3N8O/c1-28-10-4-2-9(3-5-10)11-6-12(16(17,18)19)26(25-11)15-24-23-13(20)7-14-21-8-22-27(14)15/h2-6,8H,7H2,1H3,(H2,20,23)/p+1. The number of nitrogens with two attached hydrogens (primary N) is 1. The molecule has 3 N–H and O–H groups in total. The topological polar surface area (TPSA) is 110 Å². The van der Waals surface area contributed by atoms with Gasteiger partial charge in [0, 0.05) is 11.6 Å². The molecule has 1 aliphatic rings. The summed E-state index contributed by atoms with van der Waals surface area (Å²) < 4.78 is 48.1. The monoisotopic (exact) mass is 391 g/mol. The molecule has 0 atom stereocenters. The van der Waals surface area contributed by atoms with Crippen molar-refractivity contribution in [1.29, 1.82) is 0 Å². The average Bonchev–Trinajstić information content (AvgIpc) is 3.27. The summed E-state index contributed by atoms with van der Waals surface area (Å²) in [6.45, 7) is 0. The molecule has 0 spiro atoms. The highest BCUT2D eigenvalue weighted by atomic mass is 19.4. The van der Waals surface area contributed by atoms with Gasteiger partial charge >= 0.3 is 12.1 Å². The lowest BCUT2D eigenvalue weighted by Crippen LogP contribution is -2.54. The number of benzene rings is 1. The van der Waals surface area contributed by atoms with Crippen LogP contribution in [0, 0.1) is 0 Å². The van der Waals surface area contributed by atoms with Crippen LogP contribution in [0.4, 0.5) is 13.2 Å². The highest BCUT2D eigenvalue weighted by Crippen LogP contribution is 2.30. The largest absolute Gasteiger partial charge is 0.497 e. The van der Waals surface area contributed by atoms with E-state index in [1.54, 1.807) is 24.3 Å². The van der Waals surface area contributed by atoms with Gasteiger partial charge in [-0.25, -0.2) is 10.1 Å². The molecule has 0 fully saturated rings. The fourth-order valence-electron chi connectivity index (χ4n) is 2.74. The Bertz CT molecular complexity index is 1080. The van der Waals surface area contributed by atoms with E-state index in [4.69, 9.17) is 10.5 Å². The summed E-state index contributed by atoms with van der Waals surface area (Å²) in [6.07, 6.45) is -3.34. The number of hydrogen-bond acceptors (Lipinski definition) is 6. The number of rotatable bonds is 2. The maximum atomic E-state index is 13.7. The third-order valence-corrected chi connectivity index (χ3v) is 4.06. The number of alkyl halides is 3. The summed E-state index contributed by atoms with van der Waals surface area (Å²) in [5, 5.41) is 14.3. The Kier molecular flexibility index (Phi) is 4.09. The van der Waals surface area contributed by atoms with E-state index >= 15 is 0 Å². The van der Waals surface area contributed by atoms with Gasteiger partial charge in [-0.1, -0.05) is 14.9 Å². The Hall–Kier alpha value is -3.70. The van der Waals surface area contributed by atoms with Crippen molar-refractivity contribution >= 4 is 11.8 Å². The summed E-state index contributed by atoms with van der Waals surface area (Å²) in [5.74, 6) is 0.795. The molecule has 0 bridgehead atoms. The van der Waals surface area contributed by atoms with E-state index in [0.717, 1.165) is 15.4 Å². The van der Waals surface area contributed by atoms with Crippen LogP contribution in [0.2, 0.25) is 0 Å². The number of H-pyrrole nitrogens is 1. The minimum atomic E-state index is -4.66. The molecule has 144 valence electrons. The summed E-state index contributed by atoms with van der Waals surface area (Å²) in [7, 11) is 1.51. The Labute approximate surface area is 156 Å². The van der Waals surface area contributed by atoms with Crippen LogP contribution in [0.5, 0.6) is 5.75 Å². The molecular weight excluding hydrogens is 377 g/mol. The van der Waals surface area contributed by atoms with Gasteiger partial charge in [0.05, 0.1) is 24.3 Å². The fraction of sp³-hybridized carbons (Fsp3) is 0.188. The van der Waals surface area contributed by atoms with Gasteiger partial charge < -0.3 is 10.5 Å². The first kappa shape index (κ1) is 17.7. The number of halogens is 3. The lowest BCUT2D eigenvalue weighted by atomic mass is 10.1. The first-order chi connectivity index (χ1) is 13.4.